The maximum atomic E-state index is 14.7. The summed E-state index contributed by atoms with van der Waals surface area (Å²) in [7, 11) is 7.58. The average Bonchev–Trinajstić information content (AvgIpc) is 3.35. The van der Waals surface area contributed by atoms with Crippen LogP contribution in [0, 0.1) is 23.7 Å². The number of cyclic esters (lactones) is 4. The predicted molar refractivity (Wildman–Crippen MR) is 301 cm³/mol. The minimum Gasteiger partial charge on any atom is -0.460 e. The van der Waals surface area contributed by atoms with E-state index in [1.54, 1.807) is 0 Å². The first kappa shape index (κ1) is 62.5. The van der Waals surface area contributed by atoms with Crippen LogP contribution < -0.4 is 9.80 Å². The van der Waals surface area contributed by atoms with Crippen LogP contribution in [0.15, 0.2) is 48.5 Å². The lowest BCUT2D eigenvalue weighted by Gasteiger charge is -2.36. The van der Waals surface area contributed by atoms with Crippen molar-refractivity contribution in [2.24, 2.45) is 23.7 Å². The second-order valence-corrected chi connectivity index (χ2v) is 23.9. The van der Waals surface area contributed by atoms with E-state index in [9.17, 15) is 19.2 Å². The Balaban J connectivity index is 1.50. The number of hydrogen-bond acceptors (Lipinski definition) is 16. The molecule has 0 radical (unpaired) electrons. The third-order valence-electron chi connectivity index (χ3n) is 14.8. The van der Waals surface area contributed by atoms with Gasteiger partial charge in [-0.25, -0.2) is 0 Å². The van der Waals surface area contributed by atoms with Gasteiger partial charge in [0.25, 0.3) is 0 Å². The van der Waals surface area contributed by atoms with E-state index >= 15 is 0 Å². The molecule has 3 aliphatic rings. The van der Waals surface area contributed by atoms with Gasteiger partial charge in [-0.3, -0.25) is 38.8 Å². The number of carbonyl (C=O) groups is 4. The van der Waals surface area contributed by atoms with Gasteiger partial charge in [0.2, 0.25) is 0 Å². The maximum absolute atomic E-state index is 14.7. The highest BCUT2D eigenvalue weighted by molar-refractivity contribution is 5.78. The van der Waals surface area contributed by atoms with Crippen molar-refractivity contribution in [2.45, 2.75) is 156 Å². The molecular weight excluding hydrogens is 965 g/mol. The molecule has 428 valence electrons. The largest absolute Gasteiger partial charge is 0.460 e. The van der Waals surface area contributed by atoms with E-state index in [0.717, 1.165) is 48.7 Å². The highest BCUT2D eigenvalue weighted by Crippen LogP contribution is 2.25. The highest BCUT2D eigenvalue weighted by atomic mass is 16.6. The molecule has 3 heterocycles. The molecule has 0 aromatic heterocycles. The van der Waals surface area contributed by atoms with Crippen LogP contribution in [-0.2, 0) is 60.4 Å². The minimum atomic E-state index is -0.635. The number of ether oxygens (including phenoxy) is 6. The molecule has 2 aromatic rings. The van der Waals surface area contributed by atoms with Crippen molar-refractivity contribution in [1.82, 2.24) is 19.6 Å². The number of anilines is 2. The molecule has 76 heavy (non-hydrogen) atoms. The quantitative estimate of drug-likeness (QED) is 0.139. The van der Waals surface area contributed by atoms with Crippen LogP contribution in [0.5, 0.6) is 0 Å². The van der Waals surface area contributed by atoms with Gasteiger partial charge in [0, 0.05) is 76.6 Å². The number of likely N-dealkylation sites (N-methyl/N-ethyl adjacent to an activating group) is 4. The van der Waals surface area contributed by atoms with Crippen LogP contribution in [0.3, 0.4) is 0 Å². The third-order valence-corrected chi connectivity index (χ3v) is 14.8. The smallest absolute Gasteiger partial charge is 0.323 e. The van der Waals surface area contributed by atoms with Gasteiger partial charge in [0.15, 0.2) is 0 Å². The van der Waals surface area contributed by atoms with E-state index in [2.05, 4.69) is 114 Å². The second-order valence-electron chi connectivity index (χ2n) is 23.9. The molecule has 5 rings (SSSR count). The molecule has 0 N–H and O–H groups in total. The van der Waals surface area contributed by atoms with Gasteiger partial charge in [-0.2, -0.15) is 0 Å². The first-order valence-corrected chi connectivity index (χ1v) is 28.5. The van der Waals surface area contributed by atoms with Crippen molar-refractivity contribution < 1.29 is 47.6 Å². The number of hydrogen-bond donors (Lipinski definition) is 0. The molecule has 8 atom stereocenters. The Morgan fingerprint density at radius 2 is 0.671 bits per heavy atom. The summed E-state index contributed by atoms with van der Waals surface area (Å²) < 4.78 is 37.1. The summed E-state index contributed by atoms with van der Waals surface area (Å²) in [5.41, 5.74) is 4.24. The highest BCUT2D eigenvalue weighted by Gasteiger charge is 2.37. The first-order chi connectivity index (χ1) is 36.1. The van der Waals surface area contributed by atoms with Crippen molar-refractivity contribution in [3.63, 3.8) is 0 Å². The lowest BCUT2D eigenvalue weighted by Crippen LogP contribution is -2.51. The van der Waals surface area contributed by atoms with Gasteiger partial charge in [0.1, 0.15) is 48.6 Å². The van der Waals surface area contributed by atoms with Crippen LogP contribution in [0.25, 0.3) is 0 Å². The normalized spacial score (nSPS) is 27.1. The second kappa shape index (κ2) is 30.7. The van der Waals surface area contributed by atoms with Crippen molar-refractivity contribution in [2.75, 3.05) is 117 Å². The van der Waals surface area contributed by atoms with Crippen molar-refractivity contribution >= 4 is 35.3 Å². The molecule has 0 saturated carbocycles. The molecular formula is C60H98N6O10. The molecule has 2 aromatic carbocycles. The number of nitrogens with zero attached hydrogens (tertiary/aromatic N) is 6. The molecule has 16 nitrogen and oxygen atoms in total. The monoisotopic (exact) mass is 1060 g/mol. The average molecular weight is 1060 g/mol. The van der Waals surface area contributed by atoms with E-state index in [1.807, 2.05) is 61.6 Å². The zero-order valence-corrected chi connectivity index (χ0v) is 49.0. The van der Waals surface area contributed by atoms with Gasteiger partial charge >= 0.3 is 23.9 Å². The lowest BCUT2D eigenvalue weighted by molar-refractivity contribution is -0.162. The van der Waals surface area contributed by atoms with Crippen LogP contribution in [-0.4, -0.2) is 199 Å². The van der Waals surface area contributed by atoms with E-state index in [4.69, 9.17) is 28.4 Å². The fourth-order valence-corrected chi connectivity index (χ4v) is 10.8. The van der Waals surface area contributed by atoms with Crippen LogP contribution >= 0.6 is 0 Å². The fourth-order valence-electron chi connectivity index (χ4n) is 10.8. The van der Waals surface area contributed by atoms with E-state index < -0.39 is 48.6 Å². The Hall–Kier alpha value is -4.32. The molecule has 3 aliphatic heterocycles. The molecule has 0 aliphatic carbocycles. The fraction of sp³-hybridized carbons (Fsp3) is 0.733. The number of morpholine rings is 2. The summed E-state index contributed by atoms with van der Waals surface area (Å²) in [6, 6.07) is 14.3. The summed E-state index contributed by atoms with van der Waals surface area (Å²) in [6.07, 6.45) is 0.566. The van der Waals surface area contributed by atoms with Gasteiger partial charge in [-0.15, -0.1) is 0 Å². The summed E-state index contributed by atoms with van der Waals surface area (Å²) in [5.74, 6) is -0.853. The molecule has 3 saturated heterocycles. The molecule has 8 unspecified atom stereocenters. The Morgan fingerprint density at radius 3 is 0.947 bits per heavy atom. The van der Waals surface area contributed by atoms with Crippen molar-refractivity contribution in [3.8, 4) is 0 Å². The van der Waals surface area contributed by atoms with Gasteiger partial charge in [0.05, 0.1) is 26.4 Å². The van der Waals surface area contributed by atoms with Gasteiger partial charge < -0.3 is 38.2 Å². The van der Waals surface area contributed by atoms with E-state index in [0.29, 0.717) is 65.0 Å². The molecule has 3 fully saturated rings. The zero-order chi connectivity index (χ0) is 55.6. The Bertz CT molecular complexity index is 1900. The SMILES string of the molecule is CC(C)CC1C(=O)OC(C)CN(C)C(CC(C)C)C(=O)OC(Cc2ccc(N3CCOCC3)cc2)CN(C)C(CC(C)C)C(=O)OC(C)CN(C)C(CC(C)C)C(=O)OC(Cc2ccc(N3CCOCC3)cc2)CN1C. The Kier molecular flexibility index (Phi) is 25.3. The summed E-state index contributed by atoms with van der Waals surface area (Å²) in [5, 5.41) is 0. The predicted octanol–water partition coefficient (Wildman–Crippen LogP) is 7.23. The summed E-state index contributed by atoms with van der Waals surface area (Å²) in [6.45, 7) is 27.6. The van der Waals surface area contributed by atoms with E-state index in [1.165, 1.54) is 0 Å². The molecule has 0 bridgehead atoms. The van der Waals surface area contributed by atoms with Gasteiger partial charge in [-0.05, 0) is 127 Å². The van der Waals surface area contributed by atoms with Crippen LogP contribution in [0.1, 0.15) is 106 Å². The van der Waals surface area contributed by atoms with Gasteiger partial charge in [-0.1, -0.05) is 79.7 Å². The summed E-state index contributed by atoms with van der Waals surface area (Å²) in [4.78, 5) is 70.9. The van der Waals surface area contributed by atoms with Crippen LogP contribution in [0.2, 0.25) is 0 Å². The maximum Gasteiger partial charge on any atom is 0.323 e. The summed E-state index contributed by atoms with van der Waals surface area (Å²) >= 11 is 0. The van der Waals surface area contributed by atoms with Crippen molar-refractivity contribution in [3.05, 3.63) is 59.7 Å². The Labute approximate surface area is 457 Å². The molecule has 0 spiro atoms. The third kappa shape index (κ3) is 20.2. The Morgan fingerprint density at radius 1 is 0.408 bits per heavy atom. The molecule has 16 heteroatoms. The molecule has 0 amide bonds. The lowest BCUT2D eigenvalue weighted by atomic mass is 10.00. The minimum absolute atomic E-state index is 0.152. The number of carbonyl (C=O) groups excluding carboxylic acids is 4. The first-order valence-electron chi connectivity index (χ1n) is 28.5. The topological polar surface area (TPSA) is 143 Å². The number of esters is 4. The number of rotatable bonds is 14. The van der Waals surface area contributed by atoms with E-state index in [-0.39, 0.29) is 73.7 Å². The van der Waals surface area contributed by atoms with Crippen molar-refractivity contribution in [1.29, 1.82) is 0 Å². The van der Waals surface area contributed by atoms with Crippen LogP contribution in [0.4, 0.5) is 11.4 Å². The standard InChI is InChI=1S/C60H98N6O10/c1-41(2)31-53-57(67)73-45(9)37-61(11)56(34-44(7)8)60(70)76-52(36-48-17-21-50(22-18-48)66-25-29-72-30-26-66)40-64(14)54(32-42(3)4)58(68)74-46(10)38-62(12)55(33-43(5)6)59(69)75-51(39-63(53)13)35-47-15-19-49(20-16-47)65-23-27-71-28-24-65/h15-22,41-46,51-56H,23-40H2,1-14H3. The number of benzene rings is 2. The zero-order valence-electron chi connectivity index (χ0n) is 49.0.